The molecule has 0 spiro atoms. The number of nitrogens with zero attached hydrogens (tertiary/aromatic N) is 6. The molecule has 0 unspecified atom stereocenters. The normalized spacial score (nSPS) is 13.1. The van der Waals surface area contributed by atoms with Gasteiger partial charge in [0.05, 0.1) is 0 Å². The second-order valence-electron chi connectivity index (χ2n) is 6.47. The van der Waals surface area contributed by atoms with Crippen molar-refractivity contribution in [3.8, 4) is 22.5 Å². The molecule has 0 fully saturated rings. The van der Waals surface area contributed by atoms with Gasteiger partial charge in [-0.3, -0.25) is 0 Å². The number of nitrogens with one attached hydrogen (secondary N) is 1. The van der Waals surface area contributed by atoms with E-state index in [0.29, 0.717) is 17.7 Å². The molecule has 0 atom stereocenters. The Kier molecular flexibility index (Phi) is 3.67. The van der Waals surface area contributed by atoms with Crippen LogP contribution in [0.3, 0.4) is 0 Å². The van der Waals surface area contributed by atoms with Crippen molar-refractivity contribution < 1.29 is 4.42 Å². The number of tetrazole rings is 1. The Bertz CT molecular complexity index is 1090. The second-order valence-corrected chi connectivity index (χ2v) is 6.47. The molecule has 134 valence electrons. The van der Waals surface area contributed by atoms with Gasteiger partial charge in [0.1, 0.15) is 0 Å². The Labute approximate surface area is 155 Å². The molecular weight excluding hydrogens is 342 g/mol. The SMILES string of the molecule is CCc1nnc(N2Cc3ccc(-c4ccccc4-c4nnn[nH]4)cc3C2)o1. The molecule has 0 radical (unpaired) electrons. The average molecular weight is 359 g/mol. The largest absolute Gasteiger partial charge is 0.408 e. The zero-order valence-electron chi connectivity index (χ0n) is 14.8. The lowest BCUT2D eigenvalue weighted by atomic mass is 9.96. The standard InChI is InChI=1S/C19H17N7O/c1-2-17-20-23-19(27-17)26-10-13-8-7-12(9-14(13)11-26)15-5-3-4-6-16(15)18-21-24-25-22-18/h3-9H,2,10-11H2,1H3,(H,21,22,24,25). The van der Waals surface area contributed by atoms with E-state index >= 15 is 0 Å². The Balaban J connectivity index is 1.48. The van der Waals surface area contributed by atoms with Crippen molar-refractivity contribution in [3.05, 3.63) is 59.5 Å². The van der Waals surface area contributed by atoms with Gasteiger partial charge >= 0.3 is 6.01 Å². The van der Waals surface area contributed by atoms with Crippen LogP contribution in [0, 0.1) is 0 Å². The van der Waals surface area contributed by atoms with Gasteiger partial charge in [-0.25, -0.2) is 5.10 Å². The van der Waals surface area contributed by atoms with Gasteiger partial charge in [0.15, 0.2) is 5.82 Å². The van der Waals surface area contributed by atoms with E-state index in [1.165, 1.54) is 11.1 Å². The lowest BCUT2D eigenvalue weighted by Crippen LogP contribution is -2.14. The van der Waals surface area contributed by atoms with E-state index < -0.39 is 0 Å². The number of hydrogen-bond donors (Lipinski definition) is 1. The lowest BCUT2D eigenvalue weighted by molar-refractivity contribution is 0.490. The molecule has 4 aromatic rings. The maximum absolute atomic E-state index is 5.71. The number of hydrogen-bond acceptors (Lipinski definition) is 7. The Morgan fingerprint density at radius 1 is 1.00 bits per heavy atom. The van der Waals surface area contributed by atoms with Gasteiger partial charge < -0.3 is 9.32 Å². The van der Waals surface area contributed by atoms with Crippen LogP contribution in [0.4, 0.5) is 6.01 Å². The minimum absolute atomic E-state index is 0.581. The van der Waals surface area contributed by atoms with Crippen molar-refractivity contribution in [1.82, 2.24) is 30.8 Å². The monoisotopic (exact) mass is 359 g/mol. The van der Waals surface area contributed by atoms with Crippen LogP contribution in [0.2, 0.25) is 0 Å². The fraction of sp³-hybridized carbons (Fsp3) is 0.211. The van der Waals surface area contributed by atoms with Crippen LogP contribution < -0.4 is 4.90 Å². The van der Waals surface area contributed by atoms with Crippen molar-refractivity contribution >= 4 is 6.01 Å². The number of anilines is 1. The van der Waals surface area contributed by atoms with Crippen LogP contribution in [0.5, 0.6) is 0 Å². The van der Waals surface area contributed by atoms with E-state index in [4.69, 9.17) is 4.42 Å². The van der Waals surface area contributed by atoms with E-state index in [2.05, 4.69) is 60.0 Å². The summed E-state index contributed by atoms with van der Waals surface area (Å²) in [6, 6.07) is 15.2. The molecule has 1 aliphatic heterocycles. The second kappa shape index (κ2) is 6.31. The van der Waals surface area contributed by atoms with E-state index in [9.17, 15) is 0 Å². The van der Waals surface area contributed by atoms with Gasteiger partial charge in [0.25, 0.3) is 0 Å². The molecule has 2 aromatic heterocycles. The van der Waals surface area contributed by atoms with Crippen LogP contribution >= 0.6 is 0 Å². The highest BCUT2D eigenvalue weighted by Gasteiger charge is 2.24. The number of aromatic amines is 1. The maximum atomic E-state index is 5.71. The molecule has 0 saturated heterocycles. The minimum atomic E-state index is 0.581. The number of H-pyrrole nitrogens is 1. The topological polar surface area (TPSA) is 96.6 Å². The van der Waals surface area contributed by atoms with Gasteiger partial charge in [-0.05, 0) is 38.7 Å². The first-order chi connectivity index (χ1) is 13.3. The Morgan fingerprint density at radius 2 is 1.85 bits per heavy atom. The molecule has 0 amide bonds. The maximum Gasteiger partial charge on any atom is 0.318 e. The predicted octanol–water partition coefficient (Wildman–Crippen LogP) is 3.00. The molecule has 1 N–H and O–H groups in total. The molecule has 0 aliphatic carbocycles. The van der Waals surface area contributed by atoms with Gasteiger partial charge in [0, 0.05) is 25.1 Å². The number of fused-ring (bicyclic) bond motifs is 1. The predicted molar refractivity (Wildman–Crippen MR) is 98.6 cm³/mol. The van der Waals surface area contributed by atoms with Crippen LogP contribution in [-0.2, 0) is 19.5 Å². The van der Waals surface area contributed by atoms with Crippen molar-refractivity contribution in [2.24, 2.45) is 0 Å². The molecular formula is C19H17N7O. The van der Waals surface area contributed by atoms with Crippen molar-refractivity contribution in [2.45, 2.75) is 26.4 Å². The number of aryl methyl sites for hydroxylation is 1. The number of benzene rings is 2. The third-order valence-electron chi connectivity index (χ3n) is 4.80. The zero-order chi connectivity index (χ0) is 18.2. The molecule has 8 nitrogen and oxygen atoms in total. The van der Waals surface area contributed by atoms with Gasteiger partial charge in [-0.1, -0.05) is 48.4 Å². The van der Waals surface area contributed by atoms with Crippen molar-refractivity contribution in [3.63, 3.8) is 0 Å². The summed E-state index contributed by atoms with van der Waals surface area (Å²) in [4.78, 5) is 2.10. The first-order valence-electron chi connectivity index (χ1n) is 8.84. The van der Waals surface area contributed by atoms with Crippen LogP contribution in [0.25, 0.3) is 22.5 Å². The molecule has 2 aromatic carbocycles. The molecule has 8 heteroatoms. The lowest BCUT2D eigenvalue weighted by Gasteiger charge is -2.10. The van der Waals surface area contributed by atoms with Crippen molar-refractivity contribution in [1.29, 1.82) is 0 Å². The summed E-state index contributed by atoms with van der Waals surface area (Å²) >= 11 is 0. The molecule has 1 aliphatic rings. The third-order valence-corrected chi connectivity index (χ3v) is 4.80. The summed E-state index contributed by atoms with van der Waals surface area (Å²) in [5.41, 5.74) is 5.72. The number of aromatic nitrogens is 6. The van der Waals surface area contributed by atoms with E-state index in [-0.39, 0.29) is 0 Å². The Morgan fingerprint density at radius 3 is 2.63 bits per heavy atom. The summed E-state index contributed by atoms with van der Waals surface area (Å²) < 4.78 is 5.71. The highest BCUT2D eigenvalue weighted by molar-refractivity contribution is 5.80. The highest BCUT2D eigenvalue weighted by atomic mass is 16.4. The summed E-state index contributed by atoms with van der Waals surface area (Å²) in [6.45, 7) is 3.53. The number of rotatable bonds is 4. The highest BCUT2D eigenvalue weighted by Crippen LogP contribution is 2.34. The van der Waals surface area contributed by atoms with Crippen LogP contribution in [-0.4, -0.2) is 30.8 Å². The van der Waals surface area contributed by atoms with Crippen LogP contribution in [0.1, 0.15) is 23.9 Å². The van der Waals surface area contributed by atoms with Crippen LogP contribution in [0.15, 0.2) is 46.9 Å². The smallest absolute Gasteiger partial charge is 0.318 e. The van der Waals surface area contributed by atoms with E-state index in [0.717, 1.165) is 36.2 Å². The summed E-state index contributed by atoms with van der Waals surface area (Å²) in [6.07, 6.45) is 0.741. The quantitative estimate of drug-likeness (QED) is 0.598. The molecule has 27 heavy (non-hydrogen) atoms. The minimum Gasteiger partial charge on any atom is -0.408 e. The summed E-state index contributed by atoms with van der Waals surface area (Å²) in [7, 11) is 0. The first kappa shape index (κ1) is 15.7. The summed E-state index contributed by atoms with van der Waals surface area (Å²) in [5, 5.41) is 22.5. The van der Waals surface area contributed by atoms with E-state index in [1.807, 2.05) is 25.1 Å². The van der Waals surface area contributed by atoms with Gasteiger partial charge in [0.2, 0.25) is 5.89 Å². The van der Waals surface area contributed by atoms with Crippen molar-refractivity contribution in [2.75, 3.05) is 4.90 Å². The van der Waals surface area contributed by atoms with E-state index in [1.54, 1.807) is 0 Å². The fourth-order valence-electron chi connectivity index (χ4n) is 3.43. The summed E-state index contributed by atoms with van der Waals surface area (Å²) in [5.74, 6) is 1.32. The third kappa shape index (κ3) is 2.75. The zero-order valence-corrected chi connectivity index (χ0v) is 14.8. The Hall–Kier alpha value is -3.55. The molecule has 5 rings (SSSR count). The fourth-order valence-corrected chi connectivity index (χ4v) is 3.43. The van der Waals surface area contributed by atoms with Gasteiger partial charge in [-0.15, -0.1) is 10.2 Å². The molecule has 3 heterocycles. The van der Waals surface area contributed by atoms with Gasteiger partial charge in [-0.2, -0.15) is 0 Å². The average Bonchev–Trinajstić information content (AvgIpc) is 3.47. The molecule has 0 bridgehead atoms. The first-order valence-corrected chi connectivity index (χ1v) is 8.84. The molecule has 0 saturated carbocycles.